The number of likely N-dealkylation sites (tertiary alicyclic amines) is 1. The van der Waals surface area contributed by atoms with Crippen molar-refractivity contribution >= 4 is 29.9 Å². The van der Waals surface area contributed by atoms with Crippen LogP contribution < -0.4 is 5.32 Å². The number of aromatic nitrogens is 2. The van der Waals surface area contributed by atoms with Gasteiger partial charge >= 0.3 is 0 Å². The third-order valence-electron chi connectivity index (χ3n) is 4.78. The Morgan fingerprint density at radius 2 is 2.07 bits per heavy atom. The lowest BCUT2D eigenvalue weighted by atomic mass is 9.97. The molecule has 2 aromatic rings. The van der Waals surface area contributed by atoms with E-state index in [1.165, 1.54) is 5.56 Å². The van der Waals surface area contributed by atoms with Gasteiger partial charge in [-0.2, -0.15) is 4.98 Å². The van der Waals surface area contributed by atoms with E-state index in [1.54, 1.807) is 7.05 Å². The standard InChI is InChI=1S/C21H31N5O2.HI/c1-21(2,3)19-24-18(25-28-19)12-23-20(22-4)26-11-10-17(13-26)15-27-14-16-8-6-5-7-9-16;/h5-9,17H,10-15H2,1-4H3,(H,22,23);1H. The van der Waals surface area contributed by atoms with E-state index < -0.39 is 0 Å². The smallest absolute Gasteiger partial charge is 0.232 e. The molecule has 29 heavy (non-hydrogen) atoms. The average molecular weight is 513 g/mol. The van der Waals surface area contributed by atoms with E-state index >= 15 is 0 Å². The molecule has 1 atom stereocenters. The molecule has 1 unspecified atom stereocenters. The minimum absolute atomic E-state index is 0. The molecular weight excluding hydrogens is 481 g/mol. The Labute approximate surface area is 190 Å². The molecule has 0 amide bonds. The number of halogens is 1. The molecule has 1 aliphatic rings. The van der Waals surface area contributed by atoms with Crippen LogP contribution in [0.1, 0.15) is 44.5 Å². The fourth-order valence-corrected chi connectivity index (χ4v) is 3.20. The zero-order valence-corrected chi connectivity index (χ0v) is 20.1. The first-order chi connectivity index (χ1) is 13.5. The van der Waals surface area contributed by atoms with Gasteiger partial charge in [-0.15, -0.1) is 24.0 Å². The highest BCUT2D eigenvalue weighted by atomic mass is 127. The summed E-state index contributed by atoms with van der Waals surface area (Å²) in [4.78, 5) is 11.1. The third kappa shape index (κ3) is 6.95. The lowest BCUT2D eigenvalue weighted by molar-refractivity contribution is 0.0906. The molecule has 0 bridgehead atoms. The molecule has 2 heterocycles. The van der Waals surface area contributed by atoms with E-state index in [-0.39, 0.29) is 29.4 Å². The van der Waals surface area contributed by atoms with Crippen molar-refractivity contribution in [2.24, 2.45) is 10.9 Å². The van der Waals surface area contributed by atoms with Crippen molar-refractivity contribution in [3.63, 3.8) is 0 Å². The van der Waals surface area contributed by atoms with Gasteiger partial charge in [0.05, 0.1) is 19.8 Å². The molecule has 1 fully saturated rings. The SMILES string of the molecule is CN=C(NCc1noc(C(C)(C)C)n1)N1CCC(COCc2ccccc2)C1.I. The number of hydrogen-bond acceptors (Lipinski definition) is 5. The summed E-state index contributed by atoms with van der Waals surface area (Å²) in [6.07, 6.45) is 1.10. The van der Waals surface area contributed by atoms with Crippen LogP contribution in [0.25, 0.3) is 0 Å². The molecule has 3 rings (SSSR count). The molecule has 1 aromatic heterocycles. The normalized spacial score (nSPS) is 17.3. The highest BCUT2D eigenvalue weighted by Crippen LogP contribution is 2.20. The number of ether oxygens (including phenoxy) is 1. The lowest BCUT2D eigenvalue weighted by Gasteiger charge is -2.21. The number of nitrogens with zero attached hydrogens (tertiary/aromatic N) is 4. The Kier molecular flexibility index (Phi) is 8.88. The number of nitrogens with one attached hydrogen (secondary N) is 1. The number of rotatable bonds is 6. The van der Waals surface area contributed by atoms with Gasteiger partial charge in [-0.05, 0) is 12.0 Å². The summed E-state index contributed by atoms with van der Waals surface area (Å²) in [7, 11) is 1.80. The van der Waals surface area contributed by atoms with Crippen molar-refractivity contribution in [2.45, 2.75) is 45.8 Å². The van der Waals surface area contributed by atoms with Crippen LogP contribution in [0, 0.1) is 5.92 Å². The first-order valence-electron chi connectivity index (χ1n) is 9.86. The molecule has 8 heteroatoms. The molecule has 1 aromatic carbocycles. The highest BCUT2D eigenvalue weighted by molar-refractivity contribution is 14.0. The van der Waals surface area contributed by atoms with Gasteiger partial charge in [-0.1, -0.05) is 56.3 Å². The van der Waals surface area contributed by atoms with Crippen molar-refractivity contribution in [1.29, 1.82) is 0 Å². The van der Waals surface area contributed by atoms with Crippen LogP contribution in [0.2, 0.25) is 0 Å². The molecular formula is C21H32IN5O2. The molecule has 0 aliphatic carbocycles. The number of hydrogen-bond donors (Lipinski definition) is 1. The maximum atomic E-state index is 5.91. The Morgan fingerprint density at radius 3 is 2.72 bits per heavy atom. The highest BCUT2D eigenvalue weighted by Gasteiger charge is 2.26. The van der Waals surface area contributed by atoms with E-state index in [9.17, 15) is 0 Å². The van der Waals surface area contributed by atoms with Crippen LogP contribution in [0.4, 0.5) is 0 Å². The maximum Gasteiger partial charge on any atom is 0.232 e. The van der Waals surface area contributed by atoms with Gasteiger partial charge in [0.2, 0.25) is 5.89 Å². The van der Waals surface area contributed by atoms with Gasteiger partial charge in [0, 0.05) is 31.5 Å². The largest absolute Gasteiger partial charge is 0.376 e. The van der Waals surface area contributed by atoms with Crippen molar-refractivity contribution in [3.05, 3.63) is 47.6 Å². The summed E-state index contributed by atoms with van der Waals surface area (Å²) in [5, 5.41) is 7.40. The monoisotopic (exact) mass is 513 g/mol. The zero-order valence-electron chi connectivity index (χ0n) is 17.7. The summed E-state index contributed by atoms with van der Waals surface area (Å²) in [5.74, 6) is 2.68. The van der Waals surface area contributed by atoms with Crippen molar-refractivity contribution in [3.8, 4) is 0 Å². The van der Waals surface area contributed by atoms with Gasteiger partial charge in [-0.3, -0.25) is 4.99 Å². The molecule has 0 spiro atoms. The maximum absolute atomic E-state index is 5.91. The molecule has 1 aliphatic heterocycles. The predicted molar refractivity (Wildman–Crippen MR) is 124 cm³/mol. The predicted octanol–water partition coefficient (Wildman–Crippen LogP) is 3.60. The van der Waals surface area contributed by atoms with Crippen LogP contribution in [-0.4, -0.2) is 47.7 Å². The summed E-state index contributed by atoms with van der Waals surface area (Å²) in [6.45, 7) is 10.0. The van der Waals surface area contributed by atoms with Gasteiger partial charge in [0.25, 0.3) is 0 Å². The third-order valence-corrected chi connectivity index (χ3v) is 4.78. The Morgan fingerprint density at radius 1 is 1.31 bits per heavy atom. The quantitative estimate of drug-likeness (QED) is 0.362. The van der Waals surface area contributed by atoms with Gasteiger partial charge < -0.3 is 19.5 Å². The Bertz CT molecular complexity index is 773. The minimum Gasteiger partial charge on any atom is -0.376 e. The molecule has 0 radical (unpaired) electrons. The van der Waals surface area contributed by atoms with Gasteiger partial charge in [-0.25, -0.2) is 0 Å². The van der Waals surface area contributed by atoms with E-state index in [1.807, 2.05) is 18.2 Å². The number of benzene rings is 1. The van der Waals surface area contributed by atoms with Crippen LogP contribution in [0.3, 0.4) is 0 Å². The van der Waals surface area contributed by atoms with E-state index in [2.05, 4.69) is 58.3 Å². The topological polar surface area (TPSA) is 75.8 Å². The second-order valence-electron chi connectivity index (χ2n) is 8.27. The van der Waals surface area contributed by atoms with E-state index in [0.29, 0.717) is 30.8 Å². The van der Waals surface area contributed by atoms with Gasteiger partial charge in [0.1, 0.15) is 0 Å². The summed E-state index contributed by atoms with van der Waals surface area (Å²) in [6, 6.07) is 10.3. The average Bonchev–Trinajstić information content (AvgIpc) is 3.33. The van der Waals surface area contributed by atoms with Crippen molar-refractivity contribution < 1.29 is 9.26 Å². The minimum atomic E-state index is -0.144. The molecule has 1 saturated heterocycles. The van der Waals surface area contributed by atoms with Crippen LogP contribution in [0.15, 0.2) is 39.8 Å². The first kappa shape index (κ1) is 23.6. The van der Waals surface area contributed by atoms with Crippen LogP contribution in [0.5, 0.6) is 0 Å². The fourth-order valence-electron chi connectivity index (χ4n) is 3.20. The molecule has 7 nitrogen and oxygen atoms in total. The van der Waals surface area contributed by atoms with Crippen LogP contribution in [-0.2, 0) is 23.3 Å². The molecule has 1 N–H and O–H groups in total. The first-order valence-corrected chi connectivity index (χ1v) is 9.86. The summed E-state index contributed by atoms with van der Waals surface area (Å²) >= 11 is 0. The Hall–Kier alpha value is -1.68. The number of aliphatic imine (C=N–C) groups is 1. The van der Waals surface area contributed by atoms with E-state index in [0.717, 1.165) is 32.1 Å². The van der Waals surface area contributed by atoms with E-state index in [4.69, 9.17) is 9.26 Å². The summed E-state index contributed by atoms with van der Waals surface area (Å²) in [5.41, 5.74) is 1.07. The van der Waals surface area contributed by atoms with Crippen molar-refractivity contribution in [1.82, 2.24) is 20.4 Å². The number of guanidine groups is 1. The lowest BCUT2D eigenvalue weighted by Crippen LogP contribution is -2.40. The summed E-state index contributed by atoms with van der Waals surface area (Å²) < 4.78 is 11.3. The second-order valence-corrected chi connectivity index (χ2v) is 8.27. The second kappa shape index (κ2) is 10.9. The molecule has 0 saturated carbocycles. The molecule has 160 valence electrons. The van der Waals surface area contributed by atoms with Crippen molar-refractivity contribution in [2.75, 3.05) is 26.7 Å². The zero-order chi connectivity index (χ0) is 20.0. The Balaban J connectivity index is 0.00000300. The van der Waals surface area contributed by atoms with Gasteiger partial charge in [0.15, 0.2) is 11.8 Å². The fraction of sp³-hybridized carbons (Fsp3) is 0.571. The van der Waals surface area contributed by atoms with Crippen LogP contribution >= 0.6 is 24.0 Å².